The highest BCUT2D eigenvalue weighted by Gasteiger charge is 2.41. The van der Waals surface area contributed by atoms with Crippen molar-refractivity contribution in [1.82, 2.24) is 58.5 Å². The monoisotopic (exact) mass is 1440 g/mol. The third kappa shape index (κ3) is 32.4. The number of carbonyl (C=O) groups excluding carboxylic acids is 12. The first-order valence-electron chi connectivity index (χ1n) is 33.8. The zero-order valence-corrected chi connectivity index (χ0v) is 60.6. The predicted octanol–water partition coefficient (Wildman–Crippen LogP) is -2.17. The summed E-state index contributed by atoms with van der Waals surface area (Å²) in [5.74, 6) is -15.1. The number of benzene rings is 2. The molecule has 570 valence electrons. The van der Waals surface area contributed by atoms with Gasteiger partial charge in [0.15, 0.2) is 5.96 Å². The molecule has 23 N–H and O–H groups in total. The lowest BCUT2D eigenvalue weighted by Crippen LogP contribution is -2.64. The van der Waals surface area contributed by atoms with Gasteiger partial charge in [-0.25, -0.2) is 9.59 Å². The maximum absolute atomic E-state index is 15.0. The number of aliphatic hydroxyl groups excluding tert-OH is 3. The van der Waals surface area contributed by atoms with E-state index in [0.29, 0.717) is 11.1 Å². The van der Waals surface area contributed by atoms with Crippen molar-refractivity contribution in [3.63, 3.8) is 0 Å². The number of guanidine groups is 1. The Morgan fingerprint density at radius 3 is 1.51 bits per heavy atom. The second-order valence-electron chi connectivity index (χ2n) is 28.4. The molecule has 0 saturated heterocycles. The summed E-state index contributed by atoms with van der Waals surface area (Å²) in [6, 6.07) is -0.467. The molecule has 0 bridgehead atoms. The number of aliphatic imine (C=N–C) groups is 1. The van der Waals surface area contributed by atoms with Gasteiger partial charge in [-0.1, -0.05) is 150 Å². The van der Waals surface area contributed by atoms with Crippen LogP contribution in [0.5, 0.6) is 0 Å². The fourth-order valence-electron chi connectivity index (χ4n) is 10.2. The van der Waals surface area contributed by atoms with Gasteiger partial charge in [0, 0.05) is 6.54 Å². The van der Waals surface area contributed by atoms with E-state index in [1.54, 1.807) is 102 Å². The largest absolute Gasteiger partial charge is 0.480 e. The first-order chi connectivity index (χ1) is 47.5. The normalized spacial score (nSPS) is 15.6. The number of rotatable bonds is 42. The van der Waals surface area contributed by atoms with Gasteiger partial charge in [0.05, 0.1) is 37.8 Å². The first-order valence-corrected chi connectivity index (χ1v) is 33.8. The quantitative estimate of drug-likeness (QED) is 0.0191. The van der Waals surface area contributed by atoms with Crippen molar-refractivity contribution >= 4 is 83.0 Å². The number of nitrogens with zero attached hydrogens (tertiary/aromatic N) is 1. The molecule has 2 rings (SSSR count). The van der Waals surface area contributed by atoms with Gasteiger partial charge in [0.25, 0.3) is 0 Å². The van der Waals surface area contributed by atoms with E-state index in [1.165, 1.54) is 0 Å². The van der Waals surface area contributed by atoms with Crippen molar-refractivity contribution in [1.29, 1.82) is 0 Å². The van der Waals surface area contributed by atoms with Crippen molar-refractivity contribution in [2.75, 3.05) is 19.7 Å². The highest BCUT2D eigenvalue weighted by Crippen LogP contribution is 2.25. The highest BCUT2D eigenvalue weighted by molar-refractivity contribution is 5.99. The van der Waals surface area contributed by atoms with Crippen LogP contribution in [0.3, 0.4) is 0 Å². The molecule has 14 atom stereocenters. The number of alkyl carbamates (subject to hydrolysis) is 1. The lowest BCUT2D eigenvalue weighted by Gasteiger charge is -2.33. The van der Waals surface area contributed by atoms with Crippen LogP contribution >= 0.6 is 0 Å². The summed E-state index contributed by atoms with van der Waals surface area (Å²) in [6.45, 7) is 19.8. The molecule has 2 aromatic carbocycles. The summed E-state index contributed by atoms with van der Waals surface area (Å²) in [6.07, 6.45) is -5.04. The number of aliphatic hydroxyl groups is 3. The summed E-state index contributed by atoms with van der Waals surface area (Å²) in [5, 5.41) is 68.3. The fourth-order valence-corrected chi connectivity index (χ4v) is 10.2. The second kappa shape index (κ2) is 42.7. The molecular formula is C68H110N16O18. The van der Waals surface area contributed by atoms with Crippen LogP contribution < -0.4 is 81.4 Å². The molecule has 12 amide bonds. The third-order valence-corrected chi connectivity index (χ3v) is 15.9. The van der Waals surface area contributed by atoms with Crippen molar-refractivity contribution in [2.45, 2.75) is 220 Å². The van der Waals surface area contributed by atoms with E-state index >= 15 is 0 Å². The number of carboxylic acids is 1. The SMILES string of the molecule is CC[C@H](C)C(NC(=O)[C@@H](CCCN=C(N)N)NC(=O)[C@H](CC(C)C)NC(=O)[C@@H](NC(=O)[C@@H](NC(=O)[C@H](CC(C)(C)C)NC(=O)[C@@H](CC(C)(C)C)NC(=O)OCc1ccccc1)[C@H](N)c1ccccc1)[C@H](O)C(C)C)C(=O)N[C@H](C(=O)NCC(=O)N[C@@H](CC(N)=O)C(=O)N[C@@H](CO)C(=O)O)[C@H](C)O. The van der Waals surface area contributed by atoms with Crippen LogP contribution in [-0.2, 0) is 68.9 Å². The van der Waals surface area contributed by atoms with E-state index in [-0.39, 0.29) is 63.6 Å². The number of carbonyl (C=O) groups is 13. The number of aliphatic carboxylic acids is 1. The number of primary amides is 1. The molecule has 0 radical (unpaired) electrons. The highest BCUT2D eigenvalue weighted by atomic mass is 16.5. The molecule has 102 heavy (non-hydrogen) atoms. The van der Waals surface area contributed by atoms with E-state index in [0.717, 1.165) is 6.92 Å². The van der Waals surface area contributed by atoms with Crippen molar-refractivity contribution in [3.05, 3.63) is 71.8 Å². The number of nitrogens with one attached hydrogen (secondary N) is 11. The topological polar surface area (TPSA) is 561 Å². The van der Waals surface area contributed by atoms with E-state index in [9.17, 15) is 82.8 Å². The number of nitrogens with two attached hydrogens (primary N) is 4. The molecule has 34 heteroatoms. The van der Waals surface area contributed by atoms with E-state index < -0.39 is 198 Å². The van der Waals surface area contributed by atoms with E-state index in [1.807, 2.05) is 46.9 Å². The summed E-state index contributed by atoms with van der Waals surface area (Å²) >= 11 is 0. The molecule has 0 spiro atoms. The lowest BCUT2D eigenvalue weighted by molar-refractivity contribution is -0.143. The smallest absolute Gasteiger partial charge is 0.408 e. The zero-order valence-electron chi connectivity index (χ0n) is 60.6. The molecule has 0 aliphatic rings. The van der Waals surface area contributed by atoms with Gasteiger partial charge in [-0.05, 0) is 78.7 Å². The molecule has 0 saturated carbocycles. The third-order valence-electron chi connectivity index (χ3n) is 15.9. The second-order valence-corrected chi connectivity index (χ2v) is 28.4. The first kappa shape index (κ1) is 88.5. The van der Waals surface area contributed by atoms with Gasteiger partial charge in [-0.15, -0.1) is 0 Å². The number of hydrogen-bond donors (Lipinski definition) is 19. The number of carboxylic acid groups (broad SMARTS) is 1. The standard InChI is InChI=1S/C68H110N16O18/c1-14-37(6)50(61(96)82-51(38(7)86)60(95)74-32-48(88)75-43(29-47(69)87)57(92)79-46(33-85)64(99)100)81-55(90)41(26-21-27-73-65(71)72)76-56(91)42(28-35(2)3)77-63(98)53(54(89)36(4)5)84-62(97)52(49(70)40-24-19-16-20-25-40)83-59(94)44(30-67(8,9)10)78-58(93)45(31-68(11,12)13)80-66(101)102-34-39-22-17-15-18-23-39/h15-20,22-25,35-38,41-46,49-54,85-86,89H,14,21,26-34,70H2,1-13H3,(H2,69,87)(H,74,95)(H,75,88)(H,76,91)(H,77,98)(H,78,93)(H,79,92)(H,80,101)(H,81,90)(H,82,96)(H,83,94)(H,84,97)(H,99,100)(H4,71,72,73)/t37-,38-,41+,42-,43-,44-,45+,46-,49+,50?,51-,52-,53-,54+/m0/s1. The van der Waals surface area contributed by atoms with Gasteiger partial charge in [0.2, 0.25) is 65.0 Å². The summed E-state index contributed by atoms with van der Waals surface area (Å²) in [4.78, 5) is 182. The molecule has 2 aromatic rings. The molecular weight excluding hydrogens is 1330 g/mol. The minimum atomic E-state index is -1.87. The Hall–Kier alpha value is -9.54. The Bertz CT molecular complexity index is 3160. The van der Waals surface area contributed by atoms with Crippen LogP contribution in [-0.4, -0.2) is 196 Å². The Balaban J connectivity index is 2.58. The average molecular weight is 1440 g/mol. The van der Waals surface area contributed by atoms with Gasteiger partial charge in [0.1, 0.15) is 67.0 Å². The van der Waals surface area contributed by atoms with Crippen LogP contribution in [0.25, 0.3) is 0 Å². The summed E-state index contributed by atoms with van der Waals surface area (Å²) < 4.78 is 5.44. The van der Waals surface area contributed by atoms with Crippen LogP contribution in [0.2, 0.25) is 0 Å². The van der Waals surface area contributed by atoms with E-state index in [4.69, 9.17) is 27.7 Å². The van der Waals surface area contributed by atoms with Gasteiger partial charge in [-0.3, -0.25) is 57.7 Å². The predicted molar refractivity (Wildman–Crippen MR) is 375 cm³/mol. The average Bonchev–Trinajstić information content (AvgIpc) is 0.826. The molecule has 0 fully saturated rings. The zero-order chi connectivity index (χ0) is 77.5. The number of amides is 12. The van der Waals surface area contributed by atoms with Gasteiger partial charge >= 0.3 is 12.1 Å². The van der Waals surface area contributed by atoms with Crippen LogP contribution in [0.15, 0.2) is 65.7 Å². The molecule has 0 aliphatic heterocycles. The minimum absolute atomic E-state index is 0.00844. The van der Waals surface area contributed by atoms with Crippen LogP contribution in [0, 0.1) is 28.6 Å². The molecule has 0 aromatic heterocycles. The van der Waals surface area contributed by atoms with E-state index in [2.05, 4.69) is 58.2 Å². The van der Waals surface area contributed by atoms with Crippen molar-refractivity contribution < 1.29 is 87.5 Å². The molecule has 1 unspecified atom stereocenters. The number of ether oxygens (including phenoxy) is 1. The van der Waals surface area contributed by atoms with Gasteiger partial charge < -0.3 is 107 Å². The summed E-state index contributed by atoms with van der Waals surface area (Å²) in [5.41, 5.74) is 23.1. The Kier molecular flexibility index (Phi) is 37.0. The van der Waals surface area contributed by atoms with Crippen molar-refractivity contribution in [2.24, 2.45) is 56.5 Å². The Labute approximate surface area is 595 Å². The molecule has 0 heterocycles. The minimum Gasteiger partial charge on any atom is -0.480 e. The maximum Gasteiger partial charge on any atom is 0.408 e. The Morgan fingerprint density at radius 1 is 0.539 bits per heavy atom. The maximum atomic E-state index is 15.0. The van der Waals surface area contributed by atoms with Crippen molar-refractivity contribution in [3.8, 4) is 0 Å². The number of hydrogen-bond acceptors (Lipinski definition) is 19. The summed E-state index contributed by atoms with van der Waals surface area (Å²) in [7, 11) is 0. The van der Waals surface area contributed by atoms with Crippen LogP contribution in [0.4, 0.5) is 4.79 Å². The molecule has 0 aliphatic carbocycles. The lowest BCUT2D eigenvalue weighted by atomic mass is 9.86. The fraction of sp³-hybridized carbons (Fsp3) is 0.618. The Morgan fingerprint density at radius 2 is 1.00 bits per heavy atom. The van der Waals surface area contributed by atoms with Gasteiger partial charge in [-0.2, -0.15) is 0 Å². The van der Waals surface area contributed by atoms with Crippen LogP contribution in [0.1, 0.15) is 152 Å². The molecule has 34 nitrogen and oxygen atoms in total.